The first-order chi connectivity index (χ1) is 9.65. The number of hydrogen-bond acceptors (Lipinski definition) is 5. The largest absolute Gasteiger partial charge is 0.370 e. The van der Waals surface area contributed by atoms with Gasteiger partial charge in [0.15, 0.2) is 12.0 Å². The fourth-order valence-corrected chi connectivity index (χ4v) is 2.02. The monoisotopic (exact) mass is 271 g/mol. The molecule has 7 heteroatoms. The van der Waals surface area contributed by atoms with Crippen molar-refractivity contribution in [3.05, 3.63) is 48.3 Å². The lowest BCUT2D eigenvalue weighted by Crippen LogP contribution is -2.31. The molecule has 20 heavy (non-hydrogen) atoms. The fourth-order valence-electron chi connectivity index (χ4n) is 2.02. The second-order valence-corrected chi connectivity index (χ2v) is 4.27. The van der Waals surface area contributed by atoms with E-state index in [1.165, 1.54) is 30.9 Å². The normalized spacial score (nSPS) is 17.8. The molecule has 3 N–H and O–H groups in total. The predicted octanol–water partition coefficient (Wildman–Crippen LogP) is 0.768. The number of aliphatic imine (C=N–C) groups is 1. The van der Waals surface area contributed by atoms with E-state index in [-0.39, 0.29) is 11.9 Å². The molecule has 100 valence electrons. The highest BCUT2D eigenvalue weighted by Gasteiger charge is 2.27. The van der Waals surface area contributed by atoms with Crippen LogP contribution in [0.4, 0.5) is 4.39 Å². The number of amides is 1. The second-order valence-electron chi connectivity index (χ2n) is 4.27. The summed E-state index contributed by atoms with van der Waals surface area (Å²) >= 11 is 0. The van der Waals surface area contributed by atoms with Crippen LogP contribution >= 0.6 is 0 Å². The molecule has 0 fully saturated rings. The van der Waals surface area contributed by atoms with Gasteiger partial charge in [-0.2, -0.15) is 0 Å². The van der Waals surface area contributed by atoms with Crippen molar-refractivity contribution in [2.24, 2.45) is 10.7 Å². The maximum Gasteiger partial charge on any atom is 0.256 e. The van der Waals surface area contributed by atoms with Crippen LogP contribution in [-0.4, -0.2) is 21.8 Å². The lowest BCUT2D eigenvalue weighted by atomic mass is 10.0. The van der Waals surface area contributed by atoms with Crippen molar-refractivity contribution in [3.8, 4) is 11.1 Å². The molecule has 1 aliphatic rings. The van der Waals surface area contributed by atoms with Crippen molar-refractivity contribution in [3.63, 3.8) is 0 Å². The zero-order valence-corrected chi connectivity index (χ0v) is 10.2. The Morgan fingerprint density at radius 1 is 1.25 bits per heavy atom. The molecular formula is C13H10FN5O. The molecule has 1 atom stereocenters. The van der Waals surface area contributed by atoms with Gasteiger partial charge in [0.05, 0.1) is 0 Å². The van der Waals surface area contributed by atoms with E-state index < -0.39 is 11.9 Å². The van der Waals surface area contributed by atoms with E-state index in [9.17, 15) is 9.18 Å². The van der Waals surface area contributed by atoms with Gasteiger partial charge in [0.1, 0.15) is 12.1 Å². The Kier molecular flexibility index (Phi) is 2.86. The molecule has 1 aliphatic heterocycles. The average Bonchev–Trinajstić information content (AvgIpc) is 2.79. The molecule has 0 saturated heterocycles. The van der Waals surface area contributed by atoms with E-state index in [0.717, 1.165) is 0 Å². The molecule has 0 aliphatic carbocycles. The molecule has 0 spiro atoms. The summed E-state index contributed by atoms with van der Waals surface area (Å²) in [4.78, 5) is 23.4. The lowest BCUT2D eigenvalue weighted by Gasteiger charge is -2.08. The smallest absolute Gasteiger partial charge is 0.256 e. The SMILES string of the molecule is NC1=NC(c2ccc(F)c(-c3cncnc3)c2)C(=O)N1. The summed E-state index contributed by atoms with van der Waals surface area (Å²) in [5, 5.41) is 2.41. The Morgan fingerprint density at radius 3 is 2.65 bits per heavy atom. The van der Waals surface area contributed by atoms with Crippen LogP contribution in [0.5, 0.6) is 0 Å². The first-order valence-corrected chi connectivity index (χ1v) is 5.84. The van der Waals surface area contributed by atoms with Gasteiger partial charge >= 0.3 is 0 Å². The van der Waals surface area contributed by atoms with E-state index in [2.05, 4.69) is 20.3 Å². The van der Waals surface area contributed by atoms with Crippen LogP contribution in [0, 0.1) is 5.82 Å². The summed E-state index contributed by atoms with van der Waals surface area (Å²) in [6, 6.07) is 3.60. The van der Waals surface area contributed by atoms with Gasteiger partial charge in [-0.15, -0.1) is 0 Å². The van der Waals surface area contributed by atoms with E-state index in [1.807, 2.05) is 0 Å². The predicted molar refractivity (Wildman–Crippen MR) is 69.9 cm³/mol. The van der Waals surface area contributed by atoms with E-state index in [0.29, 0.717) is 16.7 Å². The van der Waals surface area contributed by atoms with Crippen molar-refractivity contribution in [1.29, 1.82) is 0 Å². The first-order valence-electron chi connectivity index (χ1n) is 5.84. The van der Waals surface area contributed by atoms with Gasteiger partial charge in [0.25, 0.3) is 5.91 Å². The average molecular weight is 271 g/mol. The number of halogens is 1. The molecular weight excluding hydrogens is 261 g/mol. The zero-order valence-electron chi connectivity index (χ0n) is 10.2. The number of carbonyl (C=O) groups is 1. The highest BCUT2D eigenvalue weighted by Crippen LogP contribution is 2.28. The van der Waals surface area contributed by atoms with Crippen LogP contribution in [0.15, 0.2) is 41.9 Å². The minimum Gasteiger partial charge on any atom is -0.370 e. The van der Waals surface area contributed by atoms with Crippen molar-refractivity contribution in [1.82, 2.24) is 15.3 Å². The number of rotatable bonds is 2. The number of hydrogen-bond donors (Lipinski definition) is 2. The first kappa shape index (κ1) is 12.2. The van der Waals surface area contributed by atoms with Gasteiger partial charge in [0, 0.05) is 23.5 Å². The van der Waals surface area contributed by atoms with Crippen molar-refractivity contribution >= 4 is 11.9 Å². The zero-order chi connectivity index (χ0) is 14.1. The Balaban J connectivity index is 2.06. The number of aromatic nitrogens is 2. The minimum absolute atomic E-state index is 0.0638. The summed E-state index contributed by atoms with van der Waals surface area (Å²) in [5.74, 6) is -0.683. The molecule has 1 aromatic carbocycles. The van der Waals surface area contributed by atoms with Crippen LogP contribution in [0.25, 0.3) is 11.1 Å². The summed E-state index contributed by atoms with van der Waals surface area (Å²) in [6.45, 7) is 0. The highest BCUT2D eigenvalue weighted by molar-refractivity contribution is 6.04. The highest BCUT2D eigenvalue weighted by atomic mass is 19.1. The van der Waals surface area contributed by atoms with Crippen LogP contribution < -0.4 is 11.1 Å². The third-order valence-corrected chi connectivity index (χ3v) is 2.95. The Morgan fingerprint density at radius 2 is 2.00 bits per heavy atom. The maximum atomic E-state index is 13.9. The molecule has 0 saturated carbocycles. The number of nitrogens with one attached hydrogen (secondary N) is 1. The van der Waals surface area contributed by atoms with Crippen LogP contribution in [0.3, 0.4) is 0 Å². The van der Waals surface area contributed by atoms with E-state index >= 15 is 0 Å². The number of guanidine groups is 1. The van der Waals surface area contributed by atoms with E-state index in [1.54, 1.807) is 6.07 Å². The van der Waals surface area contributed by atoms with Gasteiger partial charge in [0.2, 0.25) is 0 Å². The molecule has 2 aromatic rings. The fraction of sp³-hybridized carbons (Fsp3) is 0.0769. The number of nitrogens with two attached hydrogens (primary N) is 1. The second kappa shape index (κ2) is 4.69. The number of benzene rings is 1. The Labute approximate surface area is 113 Å². The molecule has 1 aromatic heterocycles. The Hall–Kier alpha value is -2.83. The summed E-state index contributed by atoms with van der Waals surface area (Å²) < 4.78 is 13.9. The van der Waals surface area contributed by atoms with Crippen LogP contribution in [-0.2, 0) is 4.79 Å². The topological polar surface area (TPSA) is 93.3 Å². The molecule has 1 amide bonds. The quantitative estimate of drug-likeness (QED) is 0.843. The van der Waals surface area contributed by atoms with Gasteiger partial charge in [-0.1, -0.05) is 6.07 Å². The summed E-state index contributed by atoms with van der Waals surface area (Å²) in [5.41, 5.74) is 6.86. The third-order valence-electron chi connectivity index (χ3n) is 2.95. The molecule has 3 rings (SSSR count). The third kappa shape index (κ3) is 2.09. The molecule has 6 nitrogen and oxygen atoms in total. The lowest BCUT2D eigenvalue weighted by molar-refractivity contribution is -0.120. The Bertz CT molecular complexity index is 701. The van der Waals surface area contributed by atoms with Crippen molar-refractivity contribution in [2.75, 3.05) is 0 Å². The van der Waals surface area contributed by atoms with Gasteiger partial charge in [-0.05, 0) is 17.7 Å². The molecule has 0 bridgehead atoms. The van der Waals surface area contributed by atoms with Gasteiger partial charge < -0.3 is 5.73 Å². The standard InChI is InChI=1S/C13H10FN5O/c14-10-2-1-7(11-12(20)19-13(15)18-11)3-9(10)8-4-16-6-17-5-8/h1-6,11H,(H3,15,18,19,20). The van der Waals surface area contributed by atoms with Gasteiger partial charge in [-0.25, -0.2) is 19.4 Å². The number of nitrogens with zero attached hydrogens (tertiary/aromatic N) is 3. The molecule has 2 heterocycles. The molecule has 1 unspecified atom stereocenters. The summed E-state index contributed by atoms with van der Waals surface area (Å²) in [6.07, 6.45) is 4.36. The van der Waals surface area contributed by atoms with E-state index in [4.69, 9.17) is 5.73 Å². The summed E-state index contributed by atoms with van der Waals surface area (Å²) in [7, 11) is 0. The maximum absolute atomic E-state index is 13.9. The van der Waals surface area contributed by atoms with Crippen LogP contribution in [0.2, 0.25) is 0 Å². The van der Waals surface area contributed by atoms with Crippen molar-refractivity contribution < 1.29 is 9.18 Å². The molecule has 0 radical (unpaired) electrons. The van der Waals surface area contributed by atoms with Crippen molar-refractivity contribution in [2.45, 2.75) is 6.04 Å². The number of carbonyl (C=O) groups excluding carboxylic acids is 1. The minimum atomic E-state index is -0.751. The van der Waals surface area contributed by atoms with Crippen LogP contribution in [0.1, 0.15) is 11.6 Å². The van der Waals surface area contributed by atoms with Gasteiger partial charge in [-0.3, -0.25) is 10.1 Å².